The summed E-state index contributed by atoms with van der Waals surface area (Å²) in [6, 6.07) is 8.44. The summed E-state index contributed by atoms with van der Waals surface area (Å²) in [7, 11) is -1.52. The van der Waals surface area contributed by atoms with Gasteiger partial charge in [-0.15, -0.1) is 11.3 Å². The largest absolute Gasteiger partial charge is 0.367 e. The molecular formula is C21H27ClN4O3S2. The van der Waals surface area contributed by atoms with Crippen LogP contribution in [0.25, 0.3) is 0 Å². The van der Waals surface area contributed by atoms with E-state index in [0.717, 1.165) is 51.1 Å². The van der Waals surface area contributed by atoms with E-state index < -0.39 is 10.0 Å². The number of sulfonamides is 1. The van der Waals surface area contributed by atoms with Crippen LogP contribution in [0.4, 0.5) is 11.4 Å². The second-order valence-electron chi connectivity index (χ2n) is 7.99. The number of nitrogens with zero attached hydrogens (tertiary/aromatic N) is 3. The van der Waals surface area contributed by atoms with Crippen molar-refractivity contribution in [2.75, 3.05) is 56.5 Å². The van der Waals surface area contributed by atoms with Crippen molar-refractivity contribution < 1.29 is 13.2 Å². The minimum absolute atomic E-state index is 0.215. The van der Waals surface area contributed by atoms with Gasteiger partial charge >= 0.3 is 0 Å². The Morgan fingerprint density at radius 2 is 1.71 bits per heavy atom. The molecule has 168 valence electrons. The first kappa shape index (κ1) is 22.5. The molecule has 2 aliphatic rings. The number of carbonyl (C=O) groups is 1. The van der Waals surface area contributed by atoms with Crippen molar-refractivity contribution in [1.29, 1.82) is 0 Å². The molecule has 1 aromatic heterocycles. The van der Waals surface area contributed by atoms with E-state index in [1.807, 2.05) is 6.07 Å². The van der Waals surface area contributed by atoms with Crippen molar-refractivity contribution >= 4 is 50.2 Å². The molecule has 0 saturated carbocycles. The van der Waals surface area contributed by atoms with Gasteiger partial charge in [0.1, 0.15) is 0 Å². The molecule has 31 heavy (non-hydrogen) atoms. The molecule has 10 heteroatoms. The Labute approximate surface area is 192 Å². The fraction of sp³-hybridized carbons (Fsp3) is 0.476. The first-order chi connectivity index (χ1) is 14.8. The van der Waals surface area contributed by atoms with Crippen LogP contribution in [0, 0.1) is 0 Å². The lowest BCUT2D eigenvalue weighted by Gasteiger charge is -2.35. The zero-order chi connectivity index (χ0) is 22.0. The highest BCUT2D eigenvalue weighted by molar-refractivity contribution is 7.89. The normalized spacial score (nSPS) is 18.8. The van der Waals surface area contributed by atoms with Gasteiger partial charge in [0.05, 0.1) is 25.5 Å². The van der Waals surface area contributed by atoms with E-state index in [2.05, 4.69) is 22.2 Å². The van der Waals surface area contributed by atoms with Crippen LogP contribution in [0.1, 0.15) is 28.9 Å². The monoisotopic (exact) mass is 482 g/mol. The van der Waals surface area contributed by atoms with Crippen molar-refractivity contribution in [2.24, 2.45) is 0 Å². The van der Waals surface area contributed by atoms with Crippen LogP contribution in [0.15, 0.2) is 35.2 Å². The maximum absolute atomic E-state index is 13.2. The number of benzene rings is 1. The summed E-state index contributed by atoms with van der Waals surface area (Å²) >= 11 is 7.18. The zero-order valence-corrected chi connectivity index (χ0v) is 19.9. The molecule has 0 bridgehead atoms. The Hall–Kier alpha value is -1.65. The van der Waals surface area contributed by atoms with E-state index in [9.17, 15) is 13.2 Å². The minimum atomic E-state index is -3.60. The molecule has 0 spiro atoms. The summed E-state index contributed by atoms with van der Waals surface area (Å²) in [5.74, 6) is -0.292. The molecule has 0 unspecified atom stereocenters. The number of halogens is 1. The zero-order valence-electron chi connectivity index (χ0n) is 17.5. The Kier molecular flexibility index (Phi) is 6.88. The number of piperidine rings is 1. The number of carbonyl (C=O) groups excluding carboxylic acids is 1. The van der Waals surface area contributed by atoms with E-state index >= 15 is 0 Å². The van der Waals surface area contributed by atoms with Gasteiger partial charge < -0.3 is 15.1 Å². The number of anilines is 2. The lowest BCUT2D eigenvalue weighted by atomic mass is 10.2. The summed E-state index contributed by atoms with van der Waals surface area (Å²) in [4.78, 5) is 18.0. The Morgan fingerprint density at radius 3 is 2.35 bits per heavy atom. The number of hydrogen-bond acceptors (Lipinski definition) is 6. The van der Waals surface area contributed by atoms with Gasteiger partial charge in [-0.25, -0.2) is 8.42 Å². The average Bonchev–Trinajstić information content (AvgIpc) is 3.21. The number of hydrogen-bond donors (Lipinski definition) is 1. The van der Waals surface area contributed by atoms with E-state index in [0.29, 0.717) is 28.0 Å². The van der Waals surface area contributed by atoms with Crippen molar-refractivity contribution in [3.05, 3.63) is 39.5 Å². The molecular weight excluding hydrogens is 456 g/mol. The first-order valence-electron chi connectivity index (χ1n) is 10.5. The lowest BCUT2D eigenvalue weighted by molar-refractivity contribution is 0.103. The van der Waals surface area contributed by atoms with Crippen LogP contribution in [0.3, 0.4) is 0 Å². The fourth-order valence-electron chi connectivity index (χ4n) is 3.97. The van der Waals surface area contributed by atoms with Gasteiger partial charge in [-0.1, -0.05) is 18.0 Å². The number of nitrogens with one attached hydrogen (secondary N) is 1. The van der Waals surface area contributed by atoms with Crippen LogP contribution in [0.2, 0.25) is 4.34 Å². The number of likely N-dealkylation sites (N-methyl/N-ethyl adjacent to an activating group) is 1. The van der Waals surface area contributed by atoms with E-state index in [1.54, 1.807) is 28.6 Å². The summed E-state index contributed by atoms with van der Waals surface area (Å²) in [5.41, 5.74) is 1.35. The maximum Gasteiger partial charge on any atom is 0.265 e. The molecule has 0 aliphatic carbocycles. The predicted molar refractivity (Wildman–Crippen MR) is 126 cm³/mol. The molecule has 4 rings (SSSR count). The molecule has 2 saturated heterocycles. The molecule has 1 aromatic carbocycles. The van der Waals surface area contributed by atoms with Crippen LogP contribution >= 0.6 is 22.9 Å². The van der Waals surface area contributed by atoms with Crippen LogP contribution in [-0.4, -0.2) is 69.8 Å². The third-order valence-electron chi connectivity index (χ3n) is 5.81. The Morgan fingerprint density at radius 1 is 1.00 bits per heavy atom. The minimum Gasteiger partial charge on any atom is -0.367 e. The van der Waals surface area contributed by atoms with Gasteiger partial charge in [0, 0.05) is 39.3 Å². The maximum atomic E-state index is 13.2. The summed E-state index contributed by atoms with van der Waals surface area (Å²) in [6.45, 7) is 4.50. The number of amides is 1. The van der Waals surface area contributed by atoms with Crippen molar-refractivity contribution in [3.8, 4) is 0 Å². The second-order valence-corrected chi connectivity index (χ2v) is 11.6. The first-order valence-corrected chi connectivity index (χ1v) is 13.1. The van der Waals surface area contributed by atoms with Crippen molar-refractivity contribution in [2.45, 2.75) is 24.2 Å². The van der Waals surface area contributed by atoms with Gasteiger partial charge in [0.2, 0.25) is 10.0 Å². The standard InChI is InChI=1S/C21H27ClN4O3S2/c1-24-11-13-25(14-12-24)18-6-5-16(31(28,29)26-9-3-2-4-10-26)15-17(18)23-21(27)19-7-8-20(22)30-19/h5-8,15H,2-4,9-14H2,1H3,(H,23,27). The molecule has 0 atom stereocenters. The average molecular weight is 483 g/mol. The third kappa shape index (κ3) is 5.06. The van der Waals surface area contributed by atoms with Crippen LogP contribution in [-0.2, 0) is 10.0 Å². The highest BCUT2D eigenvalue weighted by atomic mass is 35.5. The molecule has 2 aliphatic heterocycles. The molecule has 2 aromatic rings. The van der Waals surface area contributed by atoms with Crippen molar-refractivity contribution in [1.82, 2.24) is 9.21 Å². The lowest BCUT2D eigenvalue weighted by Crippen LogP contribution is -2.44. The summed E-state index contributed by atoms with van der Waals surface area (Å²) < 4.78 is 28.5. The highest BCUT2D eigenvalue weighted by Crippen LogP contribution is 2.33. The molecule has 2 fully saturated rings. The Bertz CT molecular complexity index is 1040. The van der Waals surface area contributed by atoms with Crippen LogP contribution < -0.4 is 10.2 Å². The second kappa shape index (κ2) is 9.46. The van der Waals surface area contributed by atoms with Gasteiger partial charge in [0.15, 0.2) is 0 Å². The van der Waals surface area contributed by atoms with Gasteiger partial charge in [-0.3, -0.25) is 4.79 Å². The summed E-state index contributed by atoms with van der Waals surface area (Å²) in [5, 5.41) is 2.94. The predicted octanol–water partition coefficient (Wildman–Crippen LogP) is 3.58. The van der Waals surface area contributed by atoms with Gasteiger partial charge in [0.25, 0.3) is 5.91 Å². The Balaban J connectivity index is 1.67. The fourth-order valence-corrected chi connectivity index (χ4v) is 6.46. The van der Waals surface area contributed by atoms with E-state index in [4.69, 9.17) is 11.6 Å². The SMILES string of the molecule is CN1CCN(c2ccc(S(=O)(=O)N3CCCCC3)cc2NC(=O)c2ccc(Cl)s2)CC1. The number of thiophene rings is 1. The van der Waals surface area contributed by atoms with Gasteiger partial charge in [-0.05, 0) is 50.2 Å². The summed E-state index contributed by atoms with van der Waals surface area (Å²) in [6.07, 6.45) is 2.81. The third-order valence-corrected chi connectivity index (χ3v) is 8.93. The molecule has 3 heterocycles. The quantitative estimate of drug-likeness (QED) is 0.705. The van der Waals surface area contributed by atoms with Crippen molar-refractivity contribution in [3.63, 3.8) is 0 Å². The highest BCUT2D eigenvalue weighted by Gasteiger charge is 2.28. The number of rotatable bonds is 5. The van der Waals surface area contributed by atoms with Gasteiger partial charge in [-0.2, -0.15) is 4.31 Å². The molecule has 1 amide bonds. The number of piperazine rings is 1. The smallest absolute Gasteiger partial charge is 0.265 e. The molecule has 0 radical (unpaired) electrons. The molecule has 7 nitrogen and oxygen atoms in total. The van der Waals surface area contributed by atoms with Crippen LogP contribution in [0.5, 0.6) is 0 Å². The topological polar surface area (TPSA) is 73.0 Å². The molecule has 1 N–H and O–H groups in total. The van der Waals surface area contributed by atoms with E-state index in [-0.39, 0.29) is 10.8 Å². The van der Waals surface area contributed by atoms with E-state index in [1.165, 1.54) is 11.3 Å².